The van der Waals surface area contributed by atoms with Crippen LogP contribution in [0.15, 0.2) is 62.3 Å². The molecule has 0 saturated carbocycles. The van der Waals surface area contributed by atoms with Crippen molar-refractivity contribution in [3.05, 3.63) is 58.6 Å². The van der Waals surface area contributed by atoms with Gasteiger partial charge in [-0.1, -0.05) is 46.3 Å². The number of aliphatic hydroxyl groups excluding tert-OH is 1. The Kier molecular flexibility index (Phi) is 4.89. The molecule has 1 heterocycles. The third kappa shape index (κ3) is 3.89. The van der Waals surface area contributed by atoms with Gasteiger partial charge in [0.1, 0.15) is 4.90 Å². The highest BCUT2D eigenvalue weighted by atomic mass is 79.9. The van der Waals surface area contributed by atoms with E-state index in [1.54, 1.807) is 30.3 Å². The molecule has 0 spiro atoms. The summed E-state index contributed by atoms with van der Waals surface area (Å²) in [4.78, 5) is 12.2. The highest BCUT2D eigenvalue weighted by molar-refractivity contribution is 9.10. The average molecular weight is 424 g/mol. The molecule has 130 valence electrons. The Hall–Kier alpha value is -2.23. The van der Waals surface area contributed by atoms with Crippen molar-refractivity contribution < 1.29 is 18.3 Å². The van der Waals surface area contributed by atoms with Crippen LogP contribution in [0, 0.1) is 0 Å². The molecule has 0 saturated heterocycles. The van der Waals surface area contributed by atoms with Crippen LogP contribution in [-0.4, -0.2) is 31.8 Å². The summed E-state index contributed by atoms with van der Waals surface area (Å²) in [5.74, 6) is -1.05. The van der Waals surface area contributed by atoms with Crippen LogP contribution in [0.4, 0.5) is 5.69 Å². The number of amides is 1. The van der Waals surface area contributed by atoms with E-state index in [0.717, 1.165) is 0 Å². The van der Waals surface area contributed by atoms with Crippen LogP contribution in [0.3, 0.4) is 0 Å². The van der Waals surface area contributed by atoms with Gasteiger partial charge in [0.05, 0.1) is 11.8 Å². The summed E-state index contributed by atoms with van der Waals surface area (Å²) in [7, 11) is -3.98. The number of carbonyl (C=O) groups excluding carboxylic acids is 1. The van der Waals surface area contributed by atoms with Gasteiger partial charge in [0.25, 0.3) is 15.9 Å². The Bertz CT molecular complexity index is 945. The first-order valence-electron chi connectivity index (χ1n) is 7.29. The lowest BCUT2D eigenvalue weighted by molar-refractivity contribution is -0.115. The molecule has 9 heteroatoms. The van der Waals surface area contributed by atoms with E-state index in [9.17, 15) is 18.3 Å². The van der Waals surface area contributed by atoms with Crippen molar-refractivity contribution in [1.82, 2.24) is 5.32 Å². The van der Waals surface area contributed by atoms with Crippen molar-refractivity contribution in [1.29, 1.82) is 0 Å². The molecule has 0 fully saturated rings. The molecular formula is C16H14BrN3O4S. The summed E-state index contributed by atoms with van der Waals surface area (Å²) in [5.41, 5.74) is 0.913. The molecule has 0 radical (unpaired) electrons. The molecule has 2 aromatic rings. The molecule has 1 aliphatic rings. The molecule has 0 bridgehead atoms. The molecule has 2 aromatic carbocycles. The van der Waals surface area contributed by atoms with E-state index in [2.05, 4.69) is 31.0 Å². The van der Waals surface area contributed by atoms with Gasteiger partial charge in [-0.25, -0.2) is 0 Å². The van der Waals surface area contributed by atoms with Crippen LogP contribution in [-0.2, 0) is 14.8 Å². The zero-order valence-corrected chi connectivity index (χ0v) is 15.2. The number of nitrogens with one attached hydrogen (secondary N) is 2. The highest BCUT2D eigenvalue weighted by Gasteiger charge is 2.28. The van der Waals surface area contributed by atoms with Crippen LogP contribution >= 0.6 is 15.9 Å². The first-order chi connectivity index (χ1) is 11.9. The number of sulfonamides is 1. The fraction of sp³-hybridized carbons (Fsp3) is 0.125. The third-order valence-electron chi connectivity index (χ3n) is 3.54. The molecule has 1 unspecified atom stereocenters. The molecule has 0 aromatic heterocycles. The maximum Gasteiger partial charge on any atom is 0.288 e. The van der Waals surface area contributed by atoms with E-state index in [1.807, 2.05) is 6.07 Å². The predicted octanol–water partition coefficient (Wildman–Crippen LogP) is 1.81. The number of amidine groups is 1. The van der Waals surface area contributed by atoms with Crippen molar-refractivity contribution in [3.63, 3.8) is 0 Å². The van der Waals surface area contributed by atoms with Crippen molar-refractivity contribution >= 4 is 43.4 Å². The van der Waals surface area contributed by atoms with E-state index in [0.29, 0.717) is 10.0 Å². The van der Waals surface area contributed by atoms with Gasteiger partial charge in [-0.15, -0.1) is 4.40 Å². The summed E-state index contributed by atoms with van der Waals surface area (Å²) >= 11 is 3.20. The lowest BCUT2D eigenvalue weighted by Crippen LogP contribution is -2.39. The second kappa shape index (κ2) is 6.95. The number of anilines is 1. The number of carbonyl (C=O) groups is 1. The number of halogens is 1. The minimum atomic E-state index is -3.98. The quantitative estimate of drug-likeness (QED) is 0.694. The first-order valence-corrected chi connectivity index (χ1v) is 9.53. The number of aliphatic hydroxyl groups is 1. The maximum absolute atomic E-state index is 12.2. The fourth-order valence-electron chi connectivity index (χ4n) is 2.30. The van der Waals surface area contributed by atoms with Crippen molar-refractivity contribution in [3.8, 4) is 0 Å². The van der Waals surface area contributed by atoms with E-state index in [1.165, 1.54) is 12.1 Å². The third-order valence-corrected chi connectivity index (χ3v) is 5.35. The Morgan fingerprint density at radius 2 is 1.96 bits per heavy atom. The Labute approximate surface area is 153 Å². The number of benzene rings is 2. The van der Waals surface area contributed by atoms with Gasteiger partial charge in [-0.2, -0.15) is 8.42 Å². The van der Waals surface area contributed by atoms with Gasteiger partial charge in [0.15, 0.2) is 0 Å². The first kappa shape index (κ1) is 17.6. The summed E-state index contributed by atoms with van der Waals surface area (Å²) < 4.78 is 28.5. The molecule has 1 atom stereocenters. The summed E-state index contributed by atoms with van der Waals surface area (Å²) in [6.45, 7) is -0.0726. The SMILES string of the molecule is O=C(NCC(O)c1ccccc1)C1=NS(=O)(=O)c2cc(Br)ccc2N1. The minimum Gasteiger partial charge on any atom is -0.387 e. The molecule has 0 aliphatic carbocycles. The van der Waals surface area contributed by atoms with Crippen molar-refractivity contribution in [2.75, 3.05) is 11.9 Å². The standard InChI is InChI=1S/C16H14BrN3O4S/c17-11-6-7-12-14(8-11)25(23,24)20-15(19-12)16(22)18-9-13(21)10-4-2-1-3-5-10/h1-8,13,21H,9H2,(H,18,22)(H,19,20). The summed E-state index contributed by atoms with van der Waals surface area (Å²) in [6, 6.07) is 13.4. The second-order valence-corrected chi connectivity index (χ2v) is 7.81. The van der Waals surface area contributed by atoms with Gasteiger partial charge >= 0.3 is 0 Å². The van der Waals surface area contributed by atoms with Gasteiger partial charge < -0.3 is 15.7 Å². The van der Waals surface area contributed by atoms with Crippen molar-refractivity contribution in [2.45, 2.75) is 11.0 Å². The molecule has 25 heavy (non-hydrogen) atoms. The van der Waals surface area contributed by atoms with E-state index in [4.69, 9.17) is 0 Å². The second-order valence-electron chi connectivity index (χ2n) is 5.32. The Morgan fingerprint density at radius 1 is 1.24 bits per heavy atom. The number of hydrogen-bond donors (Lipinski definition) is 3. The maximum atomic E-state index is 12.2. The van der Waals surface area contributed by atoms with E-state index >= 15 is 0 Å². The molecule has 1 aliphatic heterocycles. The van der Waals surface area contributed by atoms with Crippen LogP contribution < -0.4 is 10.6 Å². The van der Waals surface area contributed by atoms with Crippen LogP contribution in [0.5, 0.6) is 0 Å². The van der Waals surface area contributed by atoms with Gasteiger partial charge in [-0.3, -0.25) is 4.79 Å². The van der Waals surface area contributed by atoms with Crippen molar-refractivity contribution in [2.24, 2.45) is 4.40 Å². The molecule has 7 nitrogen and oxygen atoms in total. The molecule has 3 N–H and O–H groups in total. The number of fused-ring (bicyclic) bond motifs is 1. The average Bonchev–Trinajstić information content (AvgIpc) is 2.60. The van der Waals surface area contributed by atoms with Gasteiger partial charge in [0, 0.05) is 11.0 Å². The highest BCUT2D eigenvalue weighted by Crippen LogP contribution is 2.29. The fourth-order valence-corrected chi connectivity index (χ4v) is 3.95. The zero-order chi connectivity index (χ0) is 18.0. The van der Waals surface area contributed by atoms with E-state index in [-0.39, 0.29) is 23.0 Å². The zero-order valence-electron chi connectivity index (χ0n) is 12.8. The number of rotatable bonds is 4. The topological polar surface area (TPSA) is 108 Å². The predicted molar refractivity (Wildman–Crippen MR) is 96.8 cm³/mol. The molecule has 3 rings (SSSR count). The summed E-state index contributed by atoms with van der Waals surface area (Å²) in [5, 5.41) is 15.2. The Morgan fingerprint density at radius 3 is 2.68 bits per heavy atom. The number of hydrogen-bond acceptors (Lipinski definition) is 5. The smallest absolute Gasteiger partial charge is 0.288 e. The monoisotopic (exact) mass is 423 g/mol. The lowest BCUT2D eigenvalue weighted by atomic mass is 10.1. The summed E-state index contributed by atoms with van der Waals surface area (Å²) in [6.07, 6.45) is -0.908. The van der Waals surface area contributed by atoms with Crippen LogP contribution in [0.2, 0.25) is 0 Å². The lowest BCUT2D eigenvalue weighted by Gasteiger charge is -2.18. The van der Waals surface area contributed by atoms with Crippen LogP contribution in [0.1, 0.15) is 11.7 Å². The minimum absolute atomic E-state index is 0.0113. The van der Waals surface area contributed by atoms with Gasteiger partial charge in [0.2, 0.25) is 5.84 Å². The normalized spacial score (nSPS) is 16.2. The van der Waals surface area contributed by atoms with E-state index < -0.39 is 22.0 Å². The Balaban J connectivity index is 1.73. The number of nitrogens with zero attached hydrogens (tertiary/aromatic N) is 1. The largest absolute Gasteiger partial charge is 0.387 e. The molecular weight excluding hydrogens is 410 g/mol. The van der Waals surface area contributed by atoms with Gasteiger partial charge in [-0.05, 0) is 23.8 Å². The van der Waals surface area contributed by atoms with Crippen LogP contribution in [0.25, 0.3) is 0 Å². The molecule has 1 amide bonds.